The topological polar surface area (TPSA) is 64.6 Å². The monoisotopic (exact) mass is 215 g/mol. The molecule has 1 atom stereocenters. The molecule has 15 heavy (non-hydrogen) atoms. The first-order chi connectivity index (χ1) is 6.94. The second kappa shape index (κ2) is 4.61. The van der Waals surface area contributed by atoms with Gasteiger partial charge < -0.3 is 14.8 Å². The van der Waals surface area contributed by atoms with Gasteiger partial charge in [0.2, 0.25) is 0 Å². The first-order valence-corrected chi connectivity index (χ1v) is 4.97. The van der Waals surface area contributed by atoms with Crippen LogP contribution in [0.25, 0.3) is 0 Å². The smallest absolute Gasteiger partial charge is 0.396 e. The number of hydrogen-bond donors (Lipinski definition) is 1. The van der Waals surface area contributed by atoms with Crippen molar-refractivity contribution in [3.05, 3.63) is 0 Å². The lowest BCUT2D eigenvalue weighted by Crippen LogP contribution is -2.47. The molecule has 0 aromatic carbocycles. The van der Waals surface area contributed by atoms with Crippen molar-refractivity contribution in [1.29, 1.82) is 0 Å². The number of hydrogen-bond acceptors (Lipinski definition) is 4. The third kappa shape index (κ3) is 3.51. The Balaban J connectivity index is 2.45. The summed E-state index contributed by atoms with van der Waals surface area (Å²) in [6.07, 6.45) is 1.43. The molecule has 5 heteroatoms. The number of methoxy groups -OCH3 is 1. The summed E-state index contributed by atoms with van der Waals surface area (Å²) in [6, 6.07) is -0.0136. The van der Waals surface area contributed by atoms with Crippen molar-refractivity contribution in [3.8, 4) is 0 Å². The van der Waals surface area contributed by atoms with Gasteiger partial charge in [-0.15, -0.1) is 0 Å². The Bertz CT molecular complexity index is 262. The second-order valence-corrected chi connectivity index (χ2v) is 4.26. The normalized spacial score (nSPS) is 24.3. The van der Waals surface area contributed by atoms with Gasteiger partial charge in [-0.25, -0.2) is 4.79 Å². The lowest BCUT2D eigenvalue weighted by atomic mass is 9.94. The second-order valence-electron chi connectivity index (χ2n) is 4.26. The van der Waals surface area contributed by atoms with E-state index in [2.05, 4.69) is 10.1 Å². The average molecular weight is 215 g/mol. The SMILES string of the molecule is COC(=O)C(=O)NC1CCOC(C)(C)C1. The van der Waals surface area contributed by atoms with E-state index >= 15 is 0 Å². The number of nitrogens with one attached hydrogen (secondary N) is 1. The standard InChI is InChI=1S/C10H17NO4/c1-10(2)6-7(4-5-15-10)11-8(12)9(13)14-3/h7H,4-6H2,1-3H3,(H,11,12). The Morgan fingerprint density at radius 3 is 2.67 bits per heavy atom. The molecule has 0 bridgehead atoms. The van der Waals surface area contributed by atoms with Gasteiger partial charge >= 0.3 is 11.9 Å². The summed E-state index contributed by atoms with van der Waals surface area (Å²) >= 11 is 0. The van der Waals surface area contributed by atoms with Gasteiger partial charge in [0.15, 0.2) is 0 Å². The van der Waals surface area contributed by atoms with Crippen LogP contribution in [0.2, 0.25) is 0 Å². The minimum absolute atomic E-state index is 0.0136. The van der Waals surface area contributed by atoms with Gasteiger partial charge in [-0.1, -0.05) is 0 Å². The molecule has 1 amide bonds. The number of carbonyl (C=O) groups is 2. The van der Waals surface area contributed by atoms with E-state index in [-0.39, 0.29) is 11.6 Å². The van der Waals surface area contributed by atoms with Gasteiger partial charge in [0.1, 0.15) is 0 Å². The molecule has 1 fully saturated rings. The summed E-state index contributed by atoms with van der Waals surface area (Å²) in [5.74, 6) is -1.53. The zero-order chi connectivity index (χ0) is 11.5. The van der Waals surface area contributed by atoms with E-state index in [1.165, 1.54) is 7.11 Å². The fraction of sp³-hybridized carbons (Fsp3) is 0.800. The van der Waals surface area contributed by atoms with Crippen molar-refractivity contribution in [1.82, 2.24) is 5.32 Å². The lowest BCUT2D eigenvalue weighted by Gasteiger charge is -2.35. The summed E-state index contributed by atoms with van der Waals surface area (Å²) in [5.41, 5.74) is -0.244. The maximum atomic E-state index is 11.2. The average Bonchev–Trinajstić information content (AvgIpc) is 2.14. The first-order valence-electron chi connectivity index (χ1n) is 4.97. The molecule has 1 N–H and O–H groups in total. The molecule has 5 nitrogen and oxygen atoms in total. The zero-order valence-corrected chi connectivity index (χ0v) is 9.33. The Morgan fingerprint density at radius 2 is 2.13 bits per heavy atom. The quantitative estimate of drug-likeness (QED) is 0.502. The van der Waals surface area contributed by atoms with Crippen LogP contribution in [0.1, 0.15) is 26.7 Å². The molecule has 1 saturated heterocycles. The molecule has 0 aromatic rings. The van der Waals surface area contributed by atoms with Gasteiger partial charge in [-0.3, -0.25) is 4.79 Å². The first kappa shape index (κ1) is 12.0. The molecule has 1 heterocycles. The molecule has 86 valence electrons. The van der Waals surface area contributed by atoms with Gasteiger partial charge in [-0.2, -0.15) is 0 Å². The van der Waals surface area contributed by atoms with Crippen LogP contribution >= 0.6 is 0 Å². The highest BCUT2D eigenvalue weighted by Gasteiger charge is 2.30. The van der Waals surface area contributed by atoms with Crippen molar-refractivity contribution < 1.29 is 19.1 Å². The number of rotatable bonds is 1. The van der Waals surface area contributed by atoms with E-state index in [0.717, 1.165) is 6.42 Å². The zero-order valence-electron chi connectivity index (χ0n) is 9.33. The van der Waals surface area contributed by atoms with E-state index < -0.39 is 11.9 Å². The molecular weight excluding hydrogens is 198 g/mol. The van der Waals surface area contributed by atoms with Gasteiger partial charge in [0, 0.05) is 12.6 Å². The third-order valence-electron chi connectivity index (χ3n) is 2.40. The van der Waals surface area contributed by atoms with E-state index in [1.807, 2.05) is 13.8 Å². The van der Waals surface area contributed by atoms with E-state index in [4.69, 9.17) is 4.74 Å². The minimum Gasteiger partial charge on any atom is -0.462 e. The highest BCUT2D eigenvalue weighted by molar-refractivity contribution is 6.32. The number of carbonyl (C=O) groups excluding carboxylic acids is 2. The molecule has 1 aliphatic heterocycles. The molecular formula is C10H17NO4. The van der Waals surface area contributed by atoms with Crippen LogP contribution in [0, 0.1) is 0 Å². The van der Waals surface area contributed by atoms with Gasteiger partial charge in [-0.05, 0) is 26.7 Å². The summed E-state index contributed by atoms with van der Waals surface area (Å²) < 4.78 is 9.82. The summed E-state index contributed by atoms with van der Waals surface area (Å²) in [4.78, 5) is 22.1. The molecule has 0 aromatic heterocycles. The molecule has 1 unspecified atom stereocenters. The fourth-order valence-corrected chi connectivity index (χ4v) is 1.69. The maximum absolute atomic E-state index is 11.2. The third-order valence-corrected chi connectivity index (χ3v) is 2.40. The number of ether oxygens (including phenoxy) is 2. The van der Waals surface area contributed by atoms with Crippen LogP contribution in [0.3, 0.4) is 0 Å². The highest BCUT2D eigenvalue weighted by atomic mass is 16.5. The van der Waals surface area contributed by atoms with E-state index in [9.17, 15) is 9.59 Å². The van der Waals surface area contributed by atoms with Gasteiger partial charge in [0.05, 0.1) is 12.7 Å². The van der Waals surface area contributed by atoms with E-state index in [1.54, 1.807) is 0 Å². The number of esters is 1. The maximum Gasteiger partial charge on any atom is 0.396 e. The summed E-state index contributed by atoms with van der Waals surface area (Å²) in [5, 5.41) is 2.63. The molecule has 0 spiro atoms. The Morgan fingerprint density at radius 1 is 1.47 bits per heavy atom. The van der Waals surface area contributed by atoms with Crippen LogP contribution in [0.5, 0.6) is 0 Å². The van der Waals surface area contributed by atoms with Crippen molar-refractivity contribution in [2.24, 2.45) is 0 Å². The van der Waals surface area contributed by atoms with Crippen LogP contribution in [0.15, 0.2) is 0 Å². The predicted molar refractivity (Wildman–Crippen MR) is 53.2 cm³/mol. The largest absolute Gasteiger partial charge is 0.462 e. The highest BCUT2D eigenvalue weighted by Crippen LogP contribution is 2.23. The van der Waals surface area contributed by atoms with E-state index in [0.29, 0.717) is 13.0 Å². The van der Waals surface area contributed by atoms with Gasteiger partial charge in [0.25, 0.3) is 0 Å². The van der Waals surface area contributed by atoms with Crippen LogP contribution in [0.4, 0.5) is 0 Å². The van der Waals surface area contributed by atoms with Crippen molar-refractivity contribution in [3.63, 3.8) is 0 Å². The molecule has 1 rings (SSSR count). The minimum atomic E-state index is -0.848. The Kier molecular flexibility index (Phi) is 3.68. The van der Waals surface area contributed by atoms with Crippen LogP contribution < -0.4 is 5.32 Å². The molecule has 1 aliphatic rings. The lowest BCUT2D eigenvalue weighted by molar-refractivity contribution is -0.153. The number of amides is 1. The summed E-state index contributed by atoms with van der Waals surface area (Å²) in [6.45, 7) is 4.52. The van der Waals surface area contributed by atoms with Crippen LogP contribution in [-0.4, -0.2) is 37.2 Å². The van der Waals surface area contributed by atoms with Crippen molar-refractivity contribution in [2.45, 2.75) is 38.3 Å². The van der Waals surface area contributed by atoms with Crippen molar-refractivity contribution >= 4 is 11.9 Å². The fourth-order valence-electron chi connectivity index (χ4n) is 1.69. The van der Waals surface area contributed by atoms with Crippen molar-refractivity contribution in [2.75, 3.05) is 13.7 Å². The Labute approximate surface area is 89.1 Å². The van der Waals surface area contributed by atoms with Crippen LogP contribution in [-0.2, 0) is 19.1 Å². The Hall–Kier alpha value is -1.10. The summed E-state index contributed by atoms with van der Waals surface area (Å²) in [7, 11) is 1.19. The molecule has 0 aliphatic carbocycles. The molecule has 0 radical (unpaired) electrons. The predicted octanol–water partition coefficient (Wildman–Crippen LogP) is 0.233. The molecule has 0 saturated carbocycles.